The van der Waals surface area contributed by atoms with Gasteiger partial charge in [0.1, 0.15) is 5.75 Å². The highest BCUT2D eigenvalue weighted by Gasteiger charge is 2.31. The van der Waals surface area contributed by atoms with Crippen molar-refractivity contribution in [1.82, 2.24) is 20.0 Å². The lowest BCUT2D eigenvalue weighted by Gasteiger charge is -2.37. The van der Waals surface area contributed by atoms with Gasteiger partial charge in [0.2, 0.25) is 0 Å². The number of methoxy groups -OCH3 is 1. The van der Waals surface area contributed by atoms with Gasteiger partial charge in [-0.15, -0.1) is 12.4 Å². The number of nitrogens with zero attached hydrogens (tertiary/aromatic N) is 5. The van der Waals surface area contributed by atoms with E-state index in [0.29, 0.717) is 37.4 Å². The molecule has 5 rings (SSSR count). The van der Waals surface area contributed by atoms with Crippen LogP contribution in [0.4, 0.5) is 11.4 Å². The van der Waals surface area contributed by atoms with Crippen LogP contribution in [0.1, 0.15) is 34.8 Å². The third kappa shape index (κ3) is 5.40. The number of rotatable bonds is 6. The number of anilines is 1. The summed E-state index contributed by atoms with van der Waals surface area (Å²) in [5, 5.41) is 19.1. The summed E-state index contributed by atoms with van der Waals surface area (Å²) in [5.41, 5.74) is 3.29. The zero-order valence-corrected chi connectivity index (χ0v) is 21.5. The van der Waals surface area contributed by atoms with Crippen molar-refractivity contribution in [3.8, 4) is 11.4 Å². The van der Waals surface area contributed by atoms with Gasteiger partial charge in [0, 0.05) is 44.2 Å². The van der Waals surface area contributed by atoms with E-state index in [1.807, 2.05) is 29.2 Å². The Morgan fingerprint density at radius 3 is 2.38 bits per heavy atom. The van der Waals surface area contributed by atoms with Crippen LogP contribution in [-0.2, 0) is 0 Å². The molecule has 0 bridgehead atoms. The first-order chi connectivity index (χ1) is 17.6. The van der Waals surface area contributed by atoms with E-state index in [4.69, 9.17) is 4.74 Å². The molecule has 0 spiro atoms. The summed E-state index contributed by atoms with van der Waals surface area (Å²) in [5.74, 6) is 0.990. The van der Waals surface area contributed by atoms with Crippen LogP contribution in [0.25, 0.3) is 5.69 Å². The van der Waals surface area contributed by atoms with Gasteiger partial charge in [-0.2, -0.15) is 5.10 Å². The van der Waals surface area contributed by atoms with Gasteiger partial charge >= 0.3 is 0 Å². The Morgan fingerprint density at radius 1 is 1.05 bits per heavy atom. The van der Waals surface area contributed by atoms with Crippen LogP contribution in [0.5, 0.6) is 5.75 Å². The Bertz CT molecular complexity index is 1230. The maximum Gasteiger partial charge on any atom is 0.269 e. The van der Waals surface area contributed by atoms with Gasteiger partial charge < -0.3 is 19.9 Å². The molecule has 0 saturated carbocycles. The highest BCUT2D eigenvalue weighted by atomic mass is 35.5. The standard InChI is InChI=1S/C26H30N6O4.ClH/c1-36-24-5-3-2-4-23(24)29-14-16-30(17-15-29)26(33)22-18-28-31(25(22)19-10-12-27-13-11-19)20-6-8-21(9-7-20)32(34)35;/h2-9,18-19,27H,10-17H2,1H3;1H. The number of hydrogen-bond donors (Lipinski definition) is 1. The van der Waals surface area contributed by atoms with Gasteiger partial charge in [-0.05, 0) is 50.2 Å². The third-order valence-corrected chi connectivity index (χ3v) is 7.06. The summed E-state index contributed by atoms with van der Waals surface area (Å²) in [4.78, 5) is 28.6. The average Bonchev–Trinajstić information content (AvgIpc) is 3.38. The lowest BCUT2D eigenvalue weighted by atomic mass is 9.91. The minimum absolute atomic E-state index is 0. The van der Waals surface area contributed by atoms with Crippen molar-refractivity contribution in [1.29, 1.82) is 0 Å². The van der Waals surface area contributed by atoms with Crippen molar-refractivity contribution >= 4 is 29.7 Å². The number of carbonyl (C=O) groups excluding carboxylic acids is 1. The van der Waals surface area contributed by atoms with Gasteiger partial charge in [0.05, 0.1) is 40.9 Å². The Balaban J connectivity index is 0.00000320. The van der Waals surface area contributed by atoms with E-state index < -0.39 is 4.92 Å². The van der Waals surface area contributed by atoms with Gasteiger partial charge in [-0.25, -0.2) is 4.68 Å². The molecule has 2 saturated heterocycles. The number of piperidine rings is 1. The molecular weight excluding hydrogens is 496 g/mol. The van der Waals surface area contributed by atoms with E-state index in [9.17, 15) is 14.9 Å². The predicted octanol–water partition coefficient (Wildman–Crippen LogP) is 3.64. The zero-order valence-electron chi connectivity index (χ0n) is 20.7. The molecule has 10 nitrogen and oxygen atoms in total. The second-order valence-corrected chi connectivity index (χ2v) is 9.10. The van der Waals surface area contributed by atoms with Gasteiger partial charge in [0.15, 0.2) is 0 Å². The molecule has 2 aromatic carbocycles. The Morgan fingerprint density at radius 2 is 1.73 bits per heavy atom. The van der Waals surface area contributed by atoms with Crippen LogP contribution in [0.3, 0.4) is 0 Å². The number of aromatic nitrogens is 2. The third-order valence-electron chi connectivity index (χ3n) is 7.06. The number of amides is 1. The molecule has 37 heavy (non-hydrogen) atoms. The number of piperazine rings is 1. The molecule has 1 amide bonds. The quantitative estimate of drug-likeness (QED) is 0.386. The first-order valence-corrected chi connectivity index (χ1v) is 12.3. The number of benzene rings is 2. The minimum atomic E-state index is -0.416. The second kappa shape index (κ2) is 11.6. The number of ether oxygens (including phenoxy) is 1. The molecule has 1 N–H and O–H groups in total. The van der Waals surface area contributed by atoms with Crippen LogP contribution < -0.4 is 15.0 Å². The summed E-state index contributed by atoms with van der Waals surface area (Å²) < 4.78 is 7.30. The largest absolute Gasteiger partial charge is 0.495 e. The first kappa shape index (κ1) is 26.4. The zero-order chi connectivity index (χ0) is 25.1. The fourth-order valence-corrected chi connectivity index (χ4v) is 5.14. The van der Waals surface area contributed by atoms with E-state index in [1.54, 1.807) is 30.1 Å². The molecule has 3 aromatic rings. The molecule has 2 fully saturated rings. The number of non-ortho nitro benzene ring substituents is 1. The van der Waals surface area contributed by atoms with Crippen molar-refractivity contribution in [2.75, 3.05) is 51.3 Å². The molecule has 2 aliphatic rings. The summed E-state index contributed by atoms with van der Waals surface area (Å²) >= 11 is 0. The van der Waals surface area contributed by atoms with Gasteiger partial charge in [-0.3, -0.25) is 14.9 Å². The maximum absolute atomic E-state index is 13.7. The van der Waals surface area contributed by atoms with Crippen LogP contribution in [0.2, 0.25) is 0 Å². The molecular formula is C26H31ClN6O4. The normalized spacial score (nSPS) is 16.2. The number of halogens is 1. The molecule has 0 atom stereocenters. The molecule has 0 radical (unpaired) electrons. The van der Waals surface area contributed by atoms with Crippen LogP contribution in [-0.4, -0.2) is 71.9 Å². The predicted molar refractivity (Wildman–Crippen MR) is 143 cm³/mol. The fraction of sp³-hybridized carbons (Fsp3) is 0.385. The summed E-state index contributed by atoms with van der Waals surface area (Å²) in [6.45, 7) is 4.38. The minimum Gasteiger partial charge on any atom is -0.495 e. The Labute approximate surface area is 221 Å². The molecule has 2 aliphatic heterocycles. The average molecular weight is 527 g/mol. The highest BCUT2D eigenvalue weighted by molar-refractivity contribution is 5.95. The summed E-state index contributed by atoms with van der Waals surface area (Å²) in [6, 6.07) is 14.3. The fourth-order valence-electron chi connectivity index (χ4n) is 5.14. The highest BCUT2D eigenvalue weighted by Crippen LogP contribution is 2.32. The van der Waals surface area contributed by atoms with E-state index in [2.05, 4.69) is 15.3 Å². The maximum atomic E-state index is 13.7. The van der Waals surface area contributed by atoms with E-state index in [-0.39, 0.29) is 29.9 Å². The number of para-hydroxylation sites is 2. The Hall–Kier alpha value is -3.63. The second-order valence-electron chi connectivity index (χ2n) is 9.10. The Kier molecular flexibility index (Phi) is 8.30. The van der Waals surface area contributed by atoms with Gasteiger partial charge in [-0.1, -0.05) is 12.1 Å². The van der Waals surface area contributed by atoms with Crippen molar-refractivity contribution in [2.45, 2.75) is 18.8 Å². The van der Waals surface area contributed by atoms with Gasteiger partial charge in [0.25, 0.3) is 11.6 Å². The van der Waals surface area contributed by atoms with Crippen molar-refractivity contribution < 1.29 is 14.5 Å². The smallest absolute Gasteiger partial charge is 0.269 e. The molecule has 11 heteroatoms. The molecule has 1 aromatic heterocycles. The molecule has 3 heterocycles. The first-order valence-electron chi connectivity index (χ1n) is 12.3. The number of carbonyl (C=O) groups is 1. The van der Waals surface area contributed by atoms with Crippen LogP contribution in [0, 0.1) is 10.1 Å². The number of nitrogens with one attached hydrogen (secondary N) is 1. The van der Waals surface area contributed by atoms with E-state index in [0.717, 1.165) is 43.1 Å². The van der Waals surface area contributed by atoms with Crippen molar-refractivity contribution in [3.63, 3.8) is 0 Å². The van der Waals surface area contributed by atoms with Crippen molar-refractivity contribution in [3.05, 3.63) is 76.1 Å². The number of hydrogen-bond acceptors (Lipinski definition) is 7. The molecule has 0 aliphatic carbocycles. The van der Waals surface area contributed by atoms with E-state index in [1.165, 1.54) is 12.1 Å². The summed E-state index contributed by atoms with van der Waals surface area (Å²) in [7, 11) is 1.67. The molecule has 0 unspecified atom stereocenters. The number of nitro groups is 1. The van der Waals surface area contributed by atoms with Crippen LogP contribution in [0.15, 0.2) is 54.7 Å². The van der Waals surface area contributed by atoms with Crippen LogP contribution >= 0.6 is 12.4 Å². The number of nitro benzene ring substituents is 1. The monoisotopic (exact) mass is 526 g/mol. The topological polar surface area (TPSA) is 106 Å². The van der Waals surface area contributed by atoms with E-state index >= 15 is 0 Å². The lowest BCUT2D eigenvalue weighted by Crippen LogP contribution is -2.49. The van der Waals surface area contributed by atoms with Crippen molar-refractivity contribution in [2.24, 2.45) is 0 Å². The molecule has 196 valence electrons. The lowest BCUT2D eigenvalue weighted by molar-refractivity contribution is -0.384. The SMILES string of the molecule is COc1ccccc1N1CCN(C(=O)c2cnn(-c3ccc([N+](=O)[O-])cc3)c2C2CCNCC2)CC1.Cl. The summed E-state index contributed by atoms with van der Waals surface area (Å²) in [6.07, 6.45) is 3.47.